The molecular formula is C28H39N7O5. The van der Waals surface area contributed by atoms with Crippen molar-refractivity contribution in [2.24, 2.45) is 5.73 Å². The summed E-state index contributed by atoms with van der Waals surface area (Å²) in [5.41, 5.74) is 7.84. The van der Waals surface area contributed by atoms with Crippen molar-refractivity contribution < 1.29 is 23.9 Å². The number of nitrogens with one attached hydrogen (secondary N) is 3. The highest BCUT2D eigenvalue weighted by Gasteiger charge is 2.22. The van der Waals surface area contributed by atoms with Crippen molar-refractivity contribution in [1.82, 2.24) is 20.2 Å². The summed E-state index contributed by atoms with van der Waals surface area (Å²) in [6.45, 7) is 8.73. The minimum Gasteiger partial charge on any atom is -0.497 e. The maximum absolute atomic E-state index is 12.5. The normalized spacial score (nSPS) is 14.1. The van der Waals surface area contributed by atoms with Crippen molar-refractivity contribution in [3.05, 3.63) is 47.8 Å². The van der Waals surface area contributed by atoms with Gasteiger partial charge in [-0.15, -0.1) is 0 Å². The summed E-state index contributed by atoms with van der Waals surface area (Å²) in [4.78, 5) is 47.2. The predicted octanol–water partition coefficient (Wildman–Crippen LogP) is 2.17. The number of amides is 3. The van der Waals surface area contributed by atoms with Crippen LogP contribution in [-0.4, -0.2) is 78.6 Å². The third kappa shape index (κ3) is 7.92. The Morgan fingerprint density at radius 3 is 2.58 bits per heavy atom. The number of anilines is 3. The van der Waals surface area contributed by atoms with Gasteiger partial charge in [0, 0.05) is 44.6 Å². The first-order valence-electron chi connectivity index (χ1n) is 13.3. The number of hydrogen-bond donors (Lipinski definition) is 4. The Kier molecular flexibility index (Phi) is 10.8. The van der Waals surface area contributed by atoms with Crippen LogP contribution in [-0.2, 0) is 27.2 Å². The minimum atomic E-state index is -0.692. The van der Waals surface area contributed by atoms with E-state index in [1.165, 1.54) is 11.0 Å². The van der Waals surface area contributed by atoms with E-state index < -0.39 is 11.9 Å². The number of likely N-dealkylation sites (N-methyl/N-ethyl adjacent to an activating group) is 1. The average molecular weight is 554 g/mol. The second kappa shape index (κ2) is 14.3. The number of methoxy groups -OCH3 is 1. The largest absolute Gasteiger partial charge is 0.497 e. The van der Waals surface area contributed by atoms with Crippen LogP contribution in [0.15, 0.2) is 30.9 Å². The number of nitrogens with zero attached hydrogens (tertiary/aromatic N) is 3. The van der Waals surface area contributed by atoms with Crippen LogP contribution >= 0.6 is 0 Å². The first-order chi connectivity index (χ1) is 19.2. The molecule has 0 unspecified atom stereocenters. The van der Waals surface area contributed by atoms with Gasteiger partial charge in [0.05, 0.1) is 12.8 Å². The van der Waals surface area contributed by atoms with E-state index in [9.17, 15) is 14.4 Å². The summed E-state index contributed by atoms with van der Waals surface area (Å²) < 4.78 is 10.9. The molecule has 1 aliphatic rings. The zero-order valence-electron chi connectivity index (χ0n) is 23.6. The van der Waals surface area contributed by atoms with Crippen molar-refractivity contribution in [1.29, 1.82) is 0 Å². The Morgan fingerprint density at radius 1 is 1.23 bits per heavy atom. The van der Waals surface area contributed by atoms with Gasteiger partial charge in [0.2, 0.25) is 11.8 Å². The van der Waals surface area contributed by atoms with Crippen LogP contribution < -0.4 is 26.4 Å². The molecule has 12 heteroatoms. The standard InChI is InChI=1S/C28H39N7O5/c1-6-22-26(31-19-9-12-40-13-10-19)34-27(24(33-22)25(29)37)32-20-14-18(15-21(16-20)39-5)8-11-30-28(38)17(3)35(4)23(36)7-2/h7,14-17,19H,2,6,8-13H2,1,3-5H3,(H2,29,37)(H,30,38)(H2,31,32,34)/t17-/m0/s1. The van der Waals surface area contributed by atoms with Crippen LogP contribution in [0.1, 0.15) is 48.4 Å². The number of carbonyl (C=O) groups is 3. The quantitative estimate of drug-likeness (QED) is 0.273. The van der Waals surface area contributed by atoms with Gasteiger partial charge in [-0.25, -0.2) is 9.97 Å². The fourth-order valence-electron chi connectivity index (χ4n) is 4.25. The van der Waals surface area contributed by atoms with E-state index in [0.717, 1.165) is 18.4 Å². The number of aromatic nitrogens is 2. The average Bonchev–Trinajstić information content (AvgIpc) is 2.96. The van der Waals surface area contributed by atoms with Gasteiger partial charge in [-0.3, -0.25) is 14.4 Å². The summed E-state index contributed by atoms with van der Waals surface area (Å²) >= 11 is 0. The van der Waals surface area contributed by atoms with Crippen LogP contribution in [0.5, 0.6) is 5.75 Å². The number of aryl methyl sites for hydroxylation is 1. The smallest absolute Gasteiger partial charge is 0.271 e. The highest BCUT2D eigenvalue weighted by Crippen LogP contribution is 2.27. The summed E-state index contributed by atoms with van der Waals surface area (Å²) in [7, 11) is 3.11. The van der Waals surface area contributed by atoms with E-state index in [-0.39, 0.29) is 29.4 Å². The van der Waals surface area contributed by atoms with Crippen LogP contribution in [0, 0.1) is 0 Å². The lowest BCUT2D eigenvalue weighted by Crippen LogP contribution is -2.45. The Bertz CT molecular complexity index is 1230. The maximum Gasteiger partial charge on any atom is 0.271 e. The van der Waals surface area contributed by atoms with Gasteiger partial charge in [0.25, 0.3) is 5.91 Å². The molecule has 0 bridgehead atoms. The molecule has 1 aliphatic heterocycles. The van der Waals surface area contributed by atoms with Gasteiger partial charge in [-0.2, -0.15) is 0 Å². The van der Waals surface area contributed by atoms with E-state index in [1.807, 2.05) is 19.1 Å². The molecule has 2 aromatic rings. The number of benzene rings is 1. The Balaban J connectivity index is 1.79. The molecule has 1 aromatic heterocycles. The lowest BCUT2D eigenvalue weighted by molar-refractivity contribution is -0.135. The van der Waals surface area contributed by atoms with Crippen LogP contribution in [0.4, 0.5) is 17.3 Å². The number of hydrogen-bond acceptors (Lipinski definition) is 9. The SMILES string of the molecule is C=CC(=O)N(C)[C@@H](C)C(=O)NCCc1cc(Nc2nc(NC3CCOCC3)c(CC)nc2C(N)=O)cc(OC)c1. The van der Waals surface area contributed by atoms with Gasteiger partial charge in [0.15, 0.2) is 17.3 Å². The molecule has 0 spiro atoms. The van der Waals surface area contributed by atoms with E-state index in [1.54, 1.807) is 27.1 Å². The lowest BCUT2D eigenvalue weighted by atomic mass is 10.1. The van der Waals surface area contributed by atoms with Gasteiger partial charge < -0.3 is 36.1 Å². The molecule has 1 fully saturated rings. The second-order valence-corrected chi connectivity index (χ2v) is 9.53. The fraction of sp³-hybridized carbons (Fsp3) is 0.464. The molecule has 1 aromatic carbocycles. The summed E-state index contributed by atoms with van der Waals surface area (Å²) in [6, 6.07) is 5.04. The monoisotopic (exact) mass is 553 g/mol. The molecule has 3 rings (SSSR count). The molecular weight excluding hydrogens is 514 g/mol. The molecule has 12 nitrogen and oxygen atoms in total. The number of rotatable bonds is 13. The van der Waals surface area contributed by atoms with E-state index >= 15 is 0 Å². The molecule has 3 amide bonds. The Labute approximate surface area is 234 Å². The first kappa shape index (κ1) is 30.4. The van der Waals surface area contributed by atoms with E-state index in [4.69, 9.17) is 20.2 Å². The van der Waals surface area contributed by atoms with Gasteiger partial charge in [0.1, 0.15) is 11.8 Å². The highest BCUT2D eigenvalue weighted by atomic mass is 16.5. The second-order valence-electron chi connectivity index (χ2n) is 9.53. The summed E-state index contributed by atoms with van der Waals surface area (Å²) in [5, 5.41) is 9.49. The summed E-state index contributed by atoms with van der Waals surface area (Å²) in [6.07, 6.45) is 3.93. The Morgan fingerprint density at radius 2 is 1.95 bits per heavy atom. The minimum absolute atomic E-state index is 0.0400. The molecule has 2 heterocycles. The molecule has 0 saturated carbocycles. The van der Waals surface area contributed by atoms with Gasteiger partial charge >= 0.3 is 0 Å². The molecule has 0 aliphatic carbocycles. The molecule has 1 atom stereocenters. The molecule has 0 radical (unpaired) electrons. The molecule has 40 heavy (non-hydrogen) atoms. The van der Waals surface area contributed by atoms with E-state index in [0.29, 0.717) is 55.5 Å². The number of ether oxygens (including phenoxy) is 2. The Hall–Kier alpha value is -4.19. The topological polar surface area (TPSA) is 161 Å². The molecule has 216 valence electrons. The fourth-order valence-corrected chi connectivity index (χ4v) is 4.25. The third-order valence-electron chi connectivity index (χ3n) is 6.76. The number of primary amides is 1. The van der Waals surface area contributed by atoms with Crippen LogP contribution in [0.25, 0.3) is 0 Å². The molecule has 5 N–H and O–H groups in total. The zero-order valence-corrected chi connectivity index (χ0v) is 23.6. The first-order valence-corrected chi connectivity index (χ1v) is 13.3. The van der Waals surface area contributed by atoms with Crippen molar-refractivity contribution in [2.75, 3.05) is 44.5 Å². The van der Waals surface area contributed by atoms with E-state index in [2.05, 4.69) is 27.5 Å². The van der Waals surface area contributed by atoms with Gasteiger partial charge in [-0.1, -0.05) is 13.5 Å². The summed E-state index contributed by atoms with van der Waals surface area (Å²) in [5.74, 6) is 0.110. The lowest BCUT2D eigenvalue weighted by Gasteiger charge is -2.25. The van der Waals surface area contributed by atoms with Crippen LogP contribution in [0.3, 0.4) is 0 Å². The van der Waals surface area contributed by atoms with Crippen molar-refractivity contribution in [2.45, 2.75) is 51.6 Å². The highest BCUT2D eigenvalue weighted by molar-refractivity contribution is 5.96. The predicted molar refractivity (Wildman–Crippen MR) is 153 cm³/mol. The van der Waals surface area contributed by atoms with Crippen molar-refractivity contribution in [3.63, 3.8) is 0 Å². The van der Waals surface area contributed by atoms with Crippen LogP contribution in [0.2, 0.25) is 0 Å². The molecule has 1 saturated heterocycles. The number of carbonyl (C=O) groups excluding carboxylic acids is 3. The maximum atomic E-state index is 12.5. The zero-order chi connectivity index (χ0) is 29.2. The third-order valence-corrected chi connectivity index (χ3v) is 6.76. The van der Waals surface area contributed by atoms with Gasteiger partial charge in [-0.05, 0) is 56.4 Å². The van der Waals surface area contributed by atoms with Crippen molar-refractivity contribution in [3.8, 4) is 5.75 Å². The van der Waals surface area contributed by atoms with Crippen molar-refractivity contribution >= 4 is 35.0 Å². The number of nitrogens with two attached hydrogens (primary N) is 1.